The Hall–Kier alpha value is -2.75. The summed E-state index contributed by atoms with van der Waals surface area (Å²) >= 11 is 1.63. The van der Waals surface area contributed by atoms with Crippen molar-refractivity contribution < 1.29 is 24.2 Å². The highest BCUT2D eigenvalue weighted by Gasteiger charge is 2.33. The molecule has 0 radical (unpaired) electrons. The Morgan fingerprint density at radius 3 is 2.84 bits per heavy atom. The van der Waals surface area contributed by atoms with Gasteiger partial charge >= 0.3 is 5.97 Å². The maximum atomic E-state index is 12.9. The Kier molecular flexibility index (Phi) is 6.64. The molecule has 1 aromatic heterocycles. The number of anilines is 2. The number of hydrogen-bond donors (Lipinski definition) is 2. The highest BCUT2D eigenvalue weighted by atomic mass is 32.1. The molecule has 0 aliphatic carbocycles. The van der Waals surface area contributed by atoms with Crippen LogP contribution in [0.25, 0.3) is 0 Å². The van der Waals surface area contributed by atoms with Crippen molar-refractivity contribution in [2.75, 3.05) is 42.6 Å². The summed E-state index contributed by atoms with van der Waals surface area (Å²) < 4.78 is 5.55. The van der Waals surface area contributed by atoms with Gasteiger partial charge < -0.3 is 20.1 Å². The van der Waals surface area contributed by atoms with Crippen LogP contribution in [-0.4, -0.2) is 61.8 Å². The van der Waals surface area contributed by atoms with Crippen LogP contribution >= 0.6 is 11.3 Å². The molecule has 0 spiro atoms. The van der Waals surface area contributed by atoms with Crippen LogP contribution in [0.15, 0.2) is 35.7 Å². The van der Waals surface area contributed by atoms with E-state index in [1.165, 1.54) is 17.0 Å². The number of amides is 2. The van der Waals surface area contributed by atoms with Gasteiger partial charge in [-0.15, -0.1) is 11.3 Å². The van der Waals surface area contributed by atoms with Crippen molar-refractivity contribution >= 4 is 40.5 Å². The Labute approximate surface area is 184 Å². The van der Waals surface area contributed by atoms with Crippen LogP contribution < -0.4 is 15.1 Å². The maximum absolute atomic E-state index is 12.9. The molecular formula is C22H25N3O5S. The van der Waals surface area contributed by atoms with E-state index >= 15 is 0 Å². The smallest absolute Gasteiger partial charge is 0.335 e. The van der Waals surface area contributed by atoms with Gasteiger partial charge in [0.25, 0.3) is 0 Å². The van der Waals surface area contributed by atoms with E-state index < -0.39 is 5.97 Å². The number of rotatable bonds is 8. The van der Waals surface area contributed by atoms with Gasteiger partial charge in [-0.05, 0) is 48.9 Å². The van der Waals surface area contributed by atoms with Crippen molar-refractivity contribution in [2.45, 2.75) is 25.4 Å². The second kappa shape index (κ2) is 9.59. The zero-order chi connectivity index (χ0) is 21.8. The number of fused-ring (bicyclic) bond motifs is 1. The fourth-order valence-corrected chi connectivity index (χ4v) is 4.62. The van der Waals surface area contributed by atoms with Crippen LogP contribution in [0, 0.1) is 0 Å². The van der Waals surface area contributed by atoms with Crippen molar-refractivity contribution in [2.24, 2.45) is 0 Å². The van der Waals surface area contributed by atoms with E-state index in [1.807, 2.05) is 17.5 Å². The van der Waals surface area contributed by atoms with Crippen molar-refractivity contribution in [1.82, 2.24) is 5.32 Å². The molecule has 2 N–H and O–H groups in total. The molecule has 164 valence electrons. The monoisotopic (exact) mass is 443 g/mol. The van der Waals surface area contributed by atoms with E-state index in [0.717, 1.165) is 24.3 Å². The average Bonchev–Trinajstić information content (AvgIpc) is 3.46. The van der Waals surface area contributed by atoms with Crippen LogP contribution in [0.1, 0.15) is 28.1 Å². The number of carbonyl (C=O) groups is 3. The number of carboxylic acid groups (broad SMARTS) is 1. The summed E-state index contributed by atoms with van der Waals surface area (Å²) in [5, 5.41) is 14.5. The minimum atomic E-state index is -1.08. The first-order valence-electron chi connectivity index (χ1n) is 10.4. The average molecular weight is 444 g/mol. The Bertz CT molecular complexity index is 956. The lowest BCUT2D eigenvalue weighted by molar-refractivity contribution is -0.122. The van der Waals surface area contributed by atoms with Crippen LogP contribution in [0.2, 0.25) is 0 Å². The van der Waals surface area contributed by atoms with Crippen molar-refractivity contribution in [3.05, 3.63) is 46.2 Å². The molecule has 2 aliphatic rings. The number of aromatic carboxylic acids is 1. The SMILES string of the molecule is O=C(O)c1ccc2c(c1)N(C(=O)CNCC1CCCO1)CC(=O)N2CCc1cccs1. The molecule has 1 atom stereocenters. The predicted octanol–water partition coefficient (Wildman–Crippen LogP) is 2.14. The lowest BCUT2D eigenvalue weighted by Gasteiger charge is -2.36. The van der Waals surface area contributed by atoms with E-state index in [1.54, 1.807) is 22.3 Å². The number of nitrogens with zero attached hydrogens (tertiary/aromatic N) is 2. The number of ether oxygens (including phenoxy) is 1. The van der Waals surface area contributed by atoms with E-state index in [0.29, 0.717) is 30.9 Å². The maximum Gasteiger partial charge on any atom is 0.335 e. The van der Waals surface area contributed by atoms with Gasteiger partial charge in [0.1, 0.15) is 6.54 Å². The number of nitrogens with one attached hydrogen (secondary N) is 1. The number of carboxylic acids is 1. The first-order chi connectivity index (χ1) is 15.0. The molecule has 1 unspecified atom stereocenters. The van der Waals surface area contributed by atoms with Crippen molar-refractivity contribution in [1.29, 1.82) is 0 Å². The molecule has 8 nitrogen and oxygen atoms in total. The lowest BCUT2D eigenvalue weighted by atomic mass is 10.1. The molecule has 1 aromatic carbocycles. The predicted molar refractivity (Wildman–Crippen MR) is 118 cm³/mol. The quantitative estimate of drug-likeness (QED) is 0.649. The highest BCUT2D eigenvalue weighted by molar-refractivity contribution is 7.09. The molecule has 1 fully saturated rings. The second-order valence-corrected chi connectivity index (χ2v) is 8.66. The largest absolute Gasteiger partial charge is 0.478 e. The third-order valence-electron chi connectivity index (χ3n) is 5.53. The molecule has 2 aromatic rings. The Balaban J connectivity index is 1.52. The standard InChI is InChI=1S/C22H25N3O5S/c26-20(13-23-12-16-3-1-9-30-16)25-14-21(27)24(8-7-17-4-2-10-31-17)18-6-5-15(22(28)29)11-19(18)25/h2,4-6,10-11,16,23H,1,3,7-9,12-14H2,(H,28,29). The third kappa shape index (κ3) is 4.95. The Morgan fingerprint density at radius 2 is 2.13 bits per heavy atom. The van der Waals surface area contributed by atoms with Crippen molar-refractivity contribution in [3.63, 3.8) is 0 Å². The van der Waals surface area contributed by atoms with Gasteiger partial charge in [0.2, 0.25) is 11.8 Å². The molecule has 1 saturated heterocycles. The van der Waals surface area contributed by atoms with Gasteiger partial charge in [-0.2, -0.15) is 0 Å². The summed E-state index contributed by atoms with van der Waals surface area (Å²) in [7, 11) is 0. The molecular weight excluding hydrogens is 418 g/mol. The molecule has 2 aliphatic heterocycles. The number of carbonyl (C=O) groups excluding carboxylic acids is 2. The van der Waals surface area contributed by atoms with E-state index in [-0.39, 0.29) is 36.6 Å². The molecule has 0 saturated carbocycles. The van der Waals surface area contributed by atoms with Crippen LogP contribution in [0.4, 0.5) is 11.4 Å². The fraction of sp³-hybridized carbons (Fsp3) is 0.409. The van der Waals surface area contributed by atoms with Gasteiger partial charge in [0.15, 0.2) is 0 Å². The first kappa shape index (κ1) is 21.5. The molecule has 2 amide bonds. The lowest BCUT2D eigenvalue weighted by Crippen LogP contribution is -2.51. The normalized spacial score (nSPS) is 18.3. The molecule has 0 bridgehead atoms. The summed E-state index contributed by atoms with van der Waals surface area (Å²) in [6.45, 7) is 1.73. The topological polar surface area (TPSA) is 99.2 Å². The summed E-state index contributed by atoms with van der Waals surface area (Å²) in [5.74, 6) is -1.53. The van der Waals surface area contributed by atoms with Gasteiger partial charge in [0, 0.05) is 24.6 Å². The van der Waals surface area contributed by atoms with E-state index in [2.05, 4.69) is 5.32 Å². The van der Waals surface area contributed by atoms with Gasteiger partial charge in [-0.1, -0.05) is 6.07 Å². The second-order valence-electron chi connectivity index (χ2n) is 7.63. The third-order valence-corrected chi connectivity index (χ3v) is 6.47. The number of benzene rings is 1. The van der Waals surface area contributed by atoms with E-state index in [4.69, 9.17) is 4.74 Å². The van der Waals surface area contributed by atoms with Gasteiger partial charge in [-0.3, -0.25) is 14.5 Å². The first-order valence-corrected chi connectivity index (χ1v) is 11.2. The number of hydrogen-bond acceptors (Lipinski definition) is 6. The van der Waals surface area contributed by atoms with E-state index in [9.17, 15) is 19.5 Å². The van der Waals surface area contributed by atoms with Crippen LogP contribution in [0.3, 0.4) is 0 Å². The van der Waals surface area contributed by atoms with Gasteiger partial charge in [-0.25, -0.2) is 4.79 Å². The summed E-state index contributed by atoms with van der Waals surface area (Å²) in [4.78, 5) is 41.5. The van der Waals surface area contributed by atoms with Crippen LogP contribution in [-0.2, 0) is 20.7 Å². The fourth-order valence-electron chi connectivity index (χ4n) is 3.93. The molecule has 9 heteroatoms. The van der Waals surface area contributed by atoms with Crippen LogP contribution in [0.5, 0.6) is 0 Å². The summed E-state index contributed by atoms with van der Waals surface area (Å²) in [6, 6.07) is 8.54. The minimum Gasteiger partial charge on any atom is -0.478 e. The zero-order valence-corrected chi connectivity index (χ0v) is 17.9. The zero-order valence-electron chi connectivity index (χ0n) is 17.1. The minimum absolute atomic E-state index is 0.0546. The molecule has 3 heterocycles. The summed E-state index contributed by atoms with van der Waals surface area (Å²) in [6.07, 6.45) is 2.79. The number of thiophene rings is 1. The highest BCUT2D eigenvalue weighted by Crippen LogP contribution is 2.35. The molecule has 4 rings (SSSR count). The molecule has 31 heavy (non-hydrogen) atoms. The summed E-state index contributed by atoms with van der Waals surface area (Å²) in [5.41, 5.74) is 1.09. The van der Waals surface area contributed by atoms with Crippen molar-refractivity contribution in [3.8, 4) is 0 Å². The van der Waals surface area contributed by atoms with Gasteiger partial charge in [0.05, 0.1) is 29.6 Å². The Morgan fingerprint density at radius 1 is 1.26 bits per heavy atom.